The van der Waals surface area contributed by atoms with Gasteiger partial charge in [0.15, 0.2) is 0 Å². The van der Waals surface area contributed by atoms with E-state index in [0.717, 1.165) is 0 Å². The zero-order valence-corrected chi connectivity index (χ0v) is 9.58. The third kappa shape index (κ3) is 3.22. The minimum absolute atomic E-state index is 0.101. The van der Waals surface area contributed by atoms with Crippen molar-refractivity contribution in [2.45, 2.75) is 26.3 Å². The van der Waals surface area contributed by atoms with Crippen molar-refractivity contribution in [2.75, 3.05) is 19.6 Å². The molecule has 16 heavy (non-hydrogen) atoms. The summed E-state index contributed by atoms with van der Waals surface area (Å²) >= 11 is 0. The number of carbonyl (C=O) groups is 3. The molecule has 1 aliphatic rings. The van der Waals surface area contributed by atoms with Crippen LogP contribution in [0, 0.1) is 0 Å². The van der Waals surface area contributed by atoms with Gasteiger partial charge in [-0.2, -0.15) is 0 Å². The first kappa shape index (κ1) is 12.5. The lowest BCUT2D eigenvalue weighted by Gasteiger charge is -2.32. The highest BCUT2D eigenvalue weighted by Crippen LogP contribution is 2.05. The van der Waals surface area contributed by atoms with E-state index in [9.17, 15) is 14.4 Å². The van der Waals surface area contributed by atoms with Crippen LogP contribution < -0.4 is 10.6 Å². The average Bonchev–Trinajstić information content (AvgIpc) is 2.21. The number of rotatable bonds is 3. The summed E-state index contributed by atoms with van der Waals surface area (Å²) in [5.41, 5.74) is 0. The molecular weight excluding hydrogens is 210 g/mol. The molecule has 6 nitrogen and oxygen atoms in total. The van der Waals surface area contributed by atoms with E-state index in [1.165, 1.54) is 6.92 Å². The second-order valence-electron chi connectivity index (χ2n) is 3.79. The number of amides is 3. The molecule has 0 aliphatic carbocycles. The number of nitrogens with zero attached hydrogens (tertiary/aromatic N) is 1. The third-order valence-corrected chi connectivity index (χ3v) is 2.53. The SMILES string of the molecule is CC(=O)NCCC(=O)N1CCNC(=O)C1C. The van der Waals surface area contributed by atoms with Gasteiger partial charge < -0.3 is 15.5 Å². The zero-order valence-electron chi connectivity index (χ0n) is 9.58. The van der Waals surface area contributed by atoms with Crippen LogP contribution in [0.2, 0.25) is 0 Å². The Morgan fingerprint density at radius 1 is 1.56 bits per heavy atom. The number of piperazine rings is 1. The number of nitrogens with one attached hydrogen (secondary N) is 2. The molecule has 1 unspecified atom stereocenters. The number of carbonyl (C=O) groups excluding carboxylic acids is 3. The van der Waals surface area contributed by atoms with E-state index in [1.807, 2.05) is 0 Å². The lowest BCUT2D eigenvalue weighted by atomic mass is 10.2. The van der Waals surface area contributed by atoms with E-state index in [-0.39, 0.29) is 24.1 Å². The molecule has 0 bridgehead atoms. The first-order valence-corrected chi connectivity index (χ1v) is 5.34. The highest BCUT2D eigenvalue weighted by Gasteiger charge is 2.28. The second kappa shape index (κ2) is 5.48. The van der Waals surface area contributed by atoms with Crippen LogP contribution in [0.1, 0.15) is 20.3 Å². The van der Waals surface area contributed by atoms with Gasteiger partial charge in [0, 0.05) is 33.0 Å². The number of hydrogen-bond donors (Lipinski definition) is 2. The van der Waals surface area contributed by atoms with E-state index < -0.39 is 6.04 Å². The predicted molar refractivity (Wildman–Crippen MR) is 57.5 cm³/mol. The van der Waals surface area contributed by atoms with Crippen LogP contribution >= 0.6 is 0 Å². The summed E-state index contributed by atoms with van der Waals surface area (Å²) in [5, 5.41) is 5.24. The number of hydrogen-bond acceptors (Lipinski definition) is 3. The Hall–Kier alpha value is -1.59. The molecule has 0 saturated carbocycles. The lowest BCUT2D eigenvalue weighted by molar-refractivity contribution is -0.142. The maximum absolute atomic E-state index is 11.7. The van der Waals surface area contributed by atoms with Gasteiger partial charge in [0.25, 0.3) is 0 Å². The monoisotopic (exact) mass is 227 g/mol. The van der Waals surface area contributed by atoms with Crippen LogP contribution in [0.4, 0.5) is 0 Å². The summed E-state index contributed by atoms with van der Waals surface area (Å²) in [4.78, 5) is 35.2. The maximum atomic E-state index is 11.7. The fourth-order valence-corrected chi connectivity index (χ4v) is 1.61. The molecule has 6 heteroatoms. The van der Waals surface area contributed by atoms with Gasteiger partial charge in [0.05, 0.1) is 0 Å². The Bertz CT molecular complexity index is 304. The summed E-state index contributed by atoms with van der Waals surface area (Å²) in [6.07, 6.45) is 0.233. The van der Waals surface area contributed by atoms with Crippen molar-refractivity contribution in [3.63, 3.8) is 0 Å². The average molecular weight is 227 g/mol. The van der Waals surface area contributed by atoms with E-state index in [0.29, 0.717) is 19.6 Å². The van der Waals surface area contributed by atoms with Crippen LogP contribution in [0.3, 0.4) is 0 Å². The predicted octanol–water partition coefficient (Wildman–Crippen LogP) is -1.14. The molecular formula is C10H17N3O3. The molecule has 90 valence electrons. The van der Waals surface area contributed by atoms with Crippen molar-refractivity contribution in [3.8, 4) is 0 Å². The quantitative estimate of drug-likeness (QED) is 0.639. The molecule has 1 atom stereocenters. The Balaban J connectivity index is 2.40. The van der Waals surface area contributed by atoms with E-state index in [2.05, 4.69) is 10.6 Å². The molecule has 0 spiro atoms. The summed E-state index contributed by atoms with van der Waals surface area (Å²) in [6, 6.07) is -0.418. The van der Waals surface area contributed by atoms with Gasteiger partial charge in [-0.3, -0.25) is 14.4 Å². The molecule has 3 amide bonds. The van der Waals surface area contributed by atoms with Gasteiger partial charge in [0.2, 0.25) is 17.7 Å². The highest BCUT2D eigenvalue weighted by atomic mass is 16.2. The van der Waals surface area contributed by atoms with Gasteiger partial charge in [-0.15, -0.1) is 0 Å². The fraction of sp³-hybridized carbons (Fsp3) is 0.700. The first-order valence-electron chi connectivity index (χ1n) is 5.34. The molecule has 1 heterocycles. The van der Waals surface area contributed by atoms with Crippen molar-refractivity contribution in [2.24, 2.45) is 0 Å². The molecule has 0 aromatic rings. The standard InChI is InChI=1S/C10H17N3O3/c1-7-10(16)12-5-6-13(7)9(15)3-4-11-8(2)14/h7H,3-6H2,1-2H3,(H,11,14)(H,12,16). The van der Waals surface area contributed by atoms with Crippen molar-refractivity contribution >= 4 is 17.7 Å². The fourth-order valence-electron chi connectivity index (χ4n) is 1.61. The smallest absolute Gasteiger partial charge is 0.242 e. The third-order valence-electron chi connectivity index (χ3n) is 2.53. The van der Waals surface area contributed by atoms with Gasteiger partial charge >= 0.3 is 0 Å². The Morgan fingerprint density at radius 3 is 2.88 bits per heavy atom. The molecule has 0 radical (unpaired) electrons. The largest absolute Gasteiger partial charge is 0.356 e. The molecule has 1 fully saturated rings. The molecule has 0 aromatic heterocycles. The van der Waals surface area contributed by atoms with Crippen molar-refractivity contribution < 1.29 is 14.4 Å². The topological polar surface area (TPSA) is 78.5 Å². The minimum Gasteiger partial charge on any atom is -0.356 e. The summed E-state index contributed by atoms with van der Waals surface area (Å²) in [6.45, 7) is 4.45. The summed E-state index contributed by atoms with van der Waals surface area (Å²) in [5.74, 6) is -0.382. The molecule has 0 aromatic carbocycles. The summed E-state index contributed by atoms with van der Waals surface area (Å²) in [7, 11) is 0. The highest BCUT2D eigenvalue weighted by molar-refractivity contribution is 5.88. The second-order valence-corrected chi connectivity index (χ2v) is 3.79. The Labute approximate surface area is 94.4 Å². The van der Waals surface area contributed by atoms with Crippen LogP contribution in [0.5, 0.6) is 0 Å². The van der Waals surface area contributed by atoms with Crippen LogP contribution in [-0.4, -0.2) is 48.3 Å². The van der Waals surface area contributed by atoms with Crippen molar-refractivity contribution in [1.29, 1.82) is 0 Å². The molecule has 2 N–H and O–H groups in total. The maximum Gasteiger partial charge on any atom is 0.242 e. The van der Waals surface area contributed by atoms with E-state index in [1.54, 1.807) is 11.8 Å². The Morgan fingerprint density at radius 2 is 2.25 bits per heavy atom. The van der Waals surface area contributed by atoms with E-state index >= 15 is 0 Å². The van der Waals surface area contributed by atoms with Gasteiger partial charge in [-0.1, -0.05) is 0 Å². The van der Waals surface area contributed by atoms with Crippen LogP contribution in [0.25, 0.3) is 0 Å². The van der Waals surface area contributed by atoms with E-state index in [4.69, 9.17) is 0 Å². The Kier molecular flexibility index (Phi) is 4.28. The zero-order chi connectivity index (χ0) is 12.1. The molecule has 1 saturated heterocycles. The van der Waals surface area contributed by atoms with Gasteiger partial charge in [0.1, 0.15) is 6.04 Å². The molecule has 1 rings (SSSR count). The first-order chi connectivity index (χ1) is 7.52. The van der Waals surface area contributed by atoms with Crippen LogP contribution in [-0.2, 0) is 14.4 Å². The minimum atomic E-state index is -0.418. The lowest BCUT2D eigenvalue weighted by Crippen LogP contribution is -2.56. The van der Waals surface area contributed by atoms with Crippen molar-refractivity contribution in [3.05, 3.63) is 0 Å². The van der Waals surface area contributed by atoms with Gasteiger partial charge in [-0.05, 0) is 6.92 Å². The molecule has 1 aliphatic heterocycles. The van der Waals surface area contributed by atoms with Crippen LogP contribution in [0.15, 0.2) is 0 Å². The van der Waals surface area contributed by atoms with Gasteiger partial charge in [-0.25, -0.2) is 0 Å². The normalized spacial score (nSPS) is 20.2. The summed E-state index contributed by atoms with van der Waals surface area (Å²) < 4.78 is 0. The van der Waals surface area contributed by atoms with Crippen molar-refractivity contribution in [1.82, 2.24) is 15.5 Å².